The number of aromatic amines is 2. The van der Waals surface area contributed by atoms with Crippen LogP contribution in [0.3, 0.4) is 0 Å². The summed E-state index contributed by atoms with van der Waals surface area (Å²) < 4.78 is 0. The molecule has 1 amide bonds. The van der Waals surface area contributed by atoms with Crippen LogP contribution in [0, 0.1) is 5.92 Å². The molecule has 0 spiro atoms. The molecule has 19 heavy (non-hydrogen) atoms. The second-order valence-electron chi connectivity index (χ2n) is 5.00. The Hall–Kier alpha value is -1.89. The van der Waals surface area contributed by atoms with Gasteiger partial charge in [-0.2, -0.15) is 0 Å². The minimum atomic E-state index is -0.664. The normalized spacial score (nSPS) is 23.4. The van der Waals surface area contributed by atoms with Gasteiger partial charge in [-0.25, -0.2) is 4.79 Å². The van der Waals surface area contributed by atoms with Crippen LogP contribution in [-0.2, 0) is 0 Å². The highest BCUT2D eigenvalue weighted by Crippen LogP contribution is 2.22. The van der Waals surface area contributed by atoms with Gasteiger partial charge in [-0.05, 0) is 18.8 Å². The van der Waals surface area contributed by atoms with Crippen LogP contribution < -0.4 is 17.0 Å². The van der Waals surface area contributed by atoms with Gasteiger partial charge in [0, 0.05) is 25.3 Å². The van der Waals surface area contributed by atoms with Crippen LogP contribution in [0.5, 0.6) is 0 Å². The zero-order valence-electron chi connectivity index (χ0n) is 10.8. The molecule has 7 nitrogen and oxygen atoms in total. The molecule has 1 aromatic rings. The summed E-state index contributed by atoms with van der Waals surface area (Å²) in [6, 6.07) is -0.0532. The molecule has 1 aliphatic rings. The summed E-state index contributed by atoms with van der Waals surface area (Å²) in [5.41, 5.74) is 4.36. The van der Waals surface area contributed by atoms with E-state index in [2.05, 4.69) is 16.9 Å². The van der Waals surface area contributed by atoms with Crippen molar-refractivity contribution in [1.82, 2.24) is 14.9 Å². The third-order valence-electron chi connectivity index (χ3n) is 3.56. The van der Waals surface area contributed by atoms with Gasteiger partial charge in [0.2, 0.25) is 0 Å². The molecule has 0 radical (unpaired) electrons. The van der Waals surface area contributed by atoms with Crippen molar-refractivity contribution in [3.8, 4) is 0 Å². The smallest absolute Gasteiger partial charge is 0.325 e. The molecule has 0 aromatic carbocycles. The van der Waals surface area contributed by atoms with Gasteiger partial charge in [-0.3, -0.25) is 14.6 Å². The summed E-state index contributed by atoms with van der Waals surface area (Å²) in [7, 11) is 0. The molecule has 0 aliphatic carbocycles. The number of amides is 1. The third kappa shape index (κ3) is 2.76. The number of carbonyl (C=O) groups is 1. The number of nitrogens with one attached hydrogen (secondary N) is 2. The van der Waals surface area contributed by atoms with E-state index >= 15 is 0 Å². The lowest BCUT2D eigenvalue weighted by Gasteiger charge is -2.37. The van der Waals surface area contributed by atoms with Crippen molar-refractivity contribution in [3.63, 3.8) is 0 Å². The monoisotopic (exact) mass is 266 g/mol. The first-order valence-corrected chi connectivity index (χ1v) is 6.36. The Kier molecular flexibility index (Phi) is 3.84. The molecule has 104 valence electrons. The summed E-state index contributed by atoms with van der Waals surface area (Å²) in [5, 5.41) is 0. The average molecular weight is 266 g/mol. The van der Waals surface area contributed by atoms with Crippen LogP contribution in [0.15, 0.2) is 15.8 Å². The zero-order valence-corrected chi connectivity index (χ0v) is 10.8. The van der Waals surface area contributed by atoms with Crippen molar-refractivity contribution in [3.05, 3.63) is 32.6 Å². The molecule has 2 rings (SSSR count). The van der Waals surface area contributed by atoms with Crippen molar-refractivity contribution in [2.45, 2.75) is 25.8 Å². The van der Waals surface area contributed by atoms with E-state index in [1.54, 1.807) is 4.90 Å². The van der Waals surface area contributed by atoms with Crippen LogP contribution in [0.25, 0.3) is 0 Å². The predicted octanol–water partition coefficient (Wildman–Crippen LogP) is -0.737. The summed E-state index contributed by atoms with van der Waals surface area (Å²) in [5.74, 6) is 0.145. The fraction of sp³-hybridized carbons (Fsp3) is 0.583. The van der Waals surface area contributed by atoms with Crippen molar-refractivity contribution in [2.75, 3.05) is 13.1 Å². The van der Waals surface area contributed by atoms with E-state index in [1.807, 2.05) is 0 Å². The number of rotatable bonds is 2. The molecular weight excluding hydrogens is 248 g/mol. The second kappa shape index (κ2) is 5.40. The Morgan fingerprint density at radius 2 is 2.26 bits per heavy atom. The van der Waals surface area contributed by atoms with Crippen molar-refractivity contribution >= 4 is 5.91 Å². The number of nitrogens with zero attached hydrogens (tertiary/aromatic N) is 1. The Labute approximate surface area is 109 Å². The standard InChI is InChI=1S/C12H18N4O3/c1-7-2-3-16(8(4-7)5-13)11(18)9-6-14-12(19)15-10(9)17/h6-8H,2-5,13H2,1H3,(H2,14,15,17,19). The van der Waals surface area contributed by atoms with Crippen LogP contribution >= 0.6 is 0 Å². The van der Waals surface area contributed by atoms with E-state index in [4.69, 9.17) is 5.73 Å². The molecule has 1 fully saturated rings. The fourth-order valence-corrected chi connectivity index (χ4v) is 2.47. The van der Waals surface area contributed by atoms with Crippen LogP contribution in [0.2, 0.25) is 0 Å². The summed E-state index contributed by atoms with van der Waals surface area (Å²) in [4.78, 5) is 40.9. The van der Waals surface area contributed by atoms with E-state index in [-0.39, 0.29) is 17.5 Å². The quantitative estimate of drug-likeness (QED) is 0.654. The molecule has 4 N–H and O–H groups in total. The maximum Gasteiger partial charge on any atom is 0.325 e. The van der Waals surface area contributed by atoms with E-state index < -0.39 is 11.2 Å². The first-order chi connectivity index (χ1) is 9.02. The molecule has 1 aromatic heterocycles. The number of aromatic nitrogens is 2. The highest BCUT2D eigenvalue weighted by atomic mass is 16.2. The van der Waals surface area contributed by atoms with E-state index in [9.17, 15) is 14.4 Å². The average Bonchev–Trinajstić information content (AvgIpc) is 2.37. The minimum Gasteiger partial charge on any atom is -0.334 e. The van der Waals surface area contributed by atoms with Gasteiger partial charge < -0.3 is 15.6 Å². The Bertz CT molecular complexity index is 577. The van der Waals surface area contributed by atoms with Gasteiger partial charge in [0.05, 0.1) is 0 Å². The largest absolute Gasteiger partial charge is 0.334 e. The van der Waals surface area contributed by atoms with E-state index in [0.717, 1.165) is 19.0 Å². The van der Waals surface area contributed by atoms with Crippen LogP contribution in [0.4, 0.5) is 0 Å². The number of carbonyl (C=O) groups excluding carboxylic acids is 1. The van der Waals surface area contributed by atoms with Crippen molar-refractivity contribution < 1.29 is 4.79 Å². The molecule has 0 bridgehead atoms. The first-order valence-electron chi connectivity index (χ1n) is 6.36. The molecule has 7 heteroatoms. The lowest BCUT2D eigenvalue weighted by molar-refractivity contribution is 0.0571. The number of nitrogens with two attached hydrogens (primary N) is 1. The molecule has 2 unspecified atom stereocenters. The third-order valence-corrected chi connectivity index (χ3v) is 3.56. The lowest BCUT2D eigenvalue weighted by Crippen LogP contribution is -2.50. The molecule has 1 saturated heterocycles. The molecule has 1 aliphatic heterocycles. The lowest BCUT2D eigenvalue weighted by atomic mass is 9.92. The maximum absolute atomic E-state index is 12.3. The number of hydrogen-bond donors (Lipinski definition) is 3. The van der Waals surface area contributed by atoms with Gasteiger partial charge in [0.1, 0.15) is 5.56 Å². The van der Waals surface area contributed by atoms with Gasteiger partial charge in [-0.15, -0.1) is 0 Å². The van der Waals surface area contributed by atoms with Gasteiger partial charge >= 0.3 is 5.69 Å². The highest BCUT2D eigenvalue weighted by Gasteiger charge is 2.30. The first kappa shape index (κ1) is 13.5. The number of piperidine rings is 1. The molecule has 2 heterocycles. The topological polar surface area (TPSA) is 112 Å². The minimum absolute atomic E-state index is 0.0485. The predicted molar refractivity (Wildman–Crippen MR) is 70.0 cm³/mol. The zero-order chi connectivity index (χ0) is 14.0. The van der Waals surface area contributed by atoms with Gasteiger partial charge in [0.25, 0.3) is 11.5 Å². The van der Waals surface area contributed by atoms with E-state index in [0.29, 0.717) is 19.0 Å². The second-order valence-corrected chi connectivity index (χ2v) is 5.00. The molecular formula is C12H18N4O3. The van der Waals surface area contributed by atoms with Gasteiger partial charge in [0.15, 0.2) is 0 Å². The van der Waals surface area contributed by atoms with Crippen molar-refractivity contribution in [2.24, 2.45) is 11.7 Å². The summed E-state index contributed by atoms with van der Waals surface area (Å²) in [6.45, 7) is 3.08. The molecule has 0 saturated carbocycles. The Balaban J connectivity index is 2.27. The van der Waals surface area contributed by atoms with Crippen LogP contribution in [-0.4, -0.2) is 39.9 Å². The van der Waals surface area contributed by atoms with Crippen molar-refractivity contribution in [1.29, 1.82) is 0 Å². The van der Waals surface area contributed by atoms with Gasteiger partial charge in [-0.1, -0.05) is 6.92 Å². The SMILES string of the molecule is CC1CCN(C(=O)c2c[nH]c(=O)[nH]c2=O)C(CN)C1. The fourth-order valence-electron chi connectivity index (χ4n) is 2.47. The Morgan fingerprint density at radius 3 is 2.89 bits per heavy atom. The number of hydrogen-bond acceptors (Lipinski definition) is 4. The van der Waals surface area contributed by atoms with E-state index in [1.165, 1.54) is 0 Å². The maximum atomic E-state index is 12.3. The highest BCUT2D eigenvalue weighted by molar-refractivity contribution is 5.93. The summed E-state index contributed by atoms with van der Waals surface area (Å²) in [6.07, 6.45) is 2.89. The Morgan fingerprint density at radius 1 is 1.53 bits per heavy atom. The molecule has 2 atom stereocenters. The van der Waals surface area contributed by atoms with Crippen LogP contribution in [0.1, 0.15) is 30.1 Å². The summed E-state index contributed by atoms with van der Waals surface area (Å²) >= 11 is 0. The number of likely N-dealkylation sites (tertiary alicyclic amines) is 1. The number of H-pyrrole nitrogens is 2.